The Kier molecular flexibility index (Phi) is 7.19. The number of unbranched alkanes of at least 4 members (excludes halogenated alkanes) is 1. The lowest BCUT2D eigenvalue weighted by molar-refractivity contribution is 0.479. The van der Waals surface area contributed by atoms with Crippen LogP contribution in [0.5, 0.6) is 0 Å². The molecule has 0 fully saturated rings. The van der Waals surface area contributed by atoms with Crippen LogP contribution in [0.25, 0.3) is 0 Å². The number of nitrogens with zero attached hydrogens (tertiary/aromatic N) is 4. The first-order valence-corrected chi connectivity index (χ1v) is 7.85. The maximum Gasteiger partial charge on any atom is 0.191 e. The Hall–Kier alpha value is -1.59. The summed E-state index contributed by atoms with van der Waals surface area (Å²) in [5.74, 6) is 3.19. The van der Waals surface area contributed by atoms with Crippen LogP contribution in [-0.4, -0.2) is 33.3 Å². The summed E-state index contributed by atoms with van der Waals surface area (Å²) in [7, 11) is 1.97. The summed E-state index contributed by atoms with van der Waals surface area (Å²) in [4.78, 5) is 4.63. The van der Waals surface area contributed by atoms with Gasteiger partial charge in [-0.1, -0.05) is 27.2 Å². The monoisotopic (exact) mass is 294 g/mol. The van der Waals surface area contributed by atoms with E-state index in [2.05, 4.69) is 53.5 Å². The lowest BCUT2D eigenvalue weighted by atomic mass is 10.1. The molecular weight excluding hydrogens is 264 g/mol. The van der Waals surface area contributed by atoms with Crippen LogP contribution >= 0.6 is 0 Å². The molecule has 6 heteroatoms. The Morgan fingerprint density at radius 1 is 1.29 bits per heavy atom. The fraction of sp³-hybridized carbons (Fsp3) is 0.800. The molecule has 0 aliphatic heterocycles. The molecule has 0 saturated carbocycles. The van der Waals surface area contributed by atoms with Gasteiger partial charge in [0.2, 0.25) is 0 Å². The Bertz CT molecular complexity index is 449. The third-order valence-corrected chi connectivity index (χ3v) is 3.75. The van der Waals surface area contributed by atoms with Crippen molar-refractivity contribution in [2.45, 2.75) is 60.0 Å². The van der Waals surface area contributed by atoms with Gasteiger partial charge in [0, 0.05) is 19.6 Å². The van der Waals surface area contributed by atoms with Crippen LogP contribution < -0.4 is 10.6 Å². The van der Waals surface area contributed by atoms with Gasteiger partial charge < -0.3 is 15.2 Å². The van der Waals surface area contributed by atoms with Gasteiger partial charge in [-0.3, -0.25) is 0 Å². The molecule has 1 aromatic rings. The summed E-state index contributed by atoms with van der Waals surface area (Å²) in [6.07, 6.45) is 2.31. The number of rotatable bonds is 7. The molecule has 0 aromatic carbocycles. The van der Waals surface area contributed by atoms with E-state index in [9.17, 15) is 0 Å². The molecule has 1 atom stereocenters. The smallest absolute Gasteiger partial charge is 0.191 e. The molecule has 2 N–H and O–H groups in total. The Morgan fingerprint density at radius 2 is 2.00 bits per heavy atom. The molecule has 1 heterocycles. The maximum absolute atomic E-state index is 4.63. The maximum atomic E-state index is 4.63. The first-order valence-electron chi connectivity index (χ1n) is 7.85. The van der Waals surface area contributed by atoms with Gasteiger partial charge in [-0.15, -0.1) is 10.2 Å². The number of nitrogens with one attached hydrogen (secondary N) is 2. The molecule has 1 rings (SSSR count). The van der Waals surface area contributed by atoms with Crippen LogP contribution in [0, 0.1) is 12.8 Å². The Balaban J connectivity index is 2.69. The highest BCUT2D eigenvalue weighted by Gasteiger charge is 2.10. The second-order valence-corrected chi connectivity index (χ2v) is 5.84. The van der Waals surface area contributed by atoms with Crippen molar-refractivity contribution < 1.29 is 0 Å². The number of hydrogen-bond donors (Lipinski definition) is 2. The van der Waals surface area contributed by atoms with Crippen molar-refractivity contribution in [3.8, 4) is 0 Å². The van der Waals surface area contributed by atoms with Gasteiger partial charge in [-0.25, -0.2) is 4.99 Å². The molecule has 0 bridgehead atoms. The lowest BCUT2D eigenvalue weighted by Gasteiger charge is -2.21. The zero-order valence-electron chi connectivity index (χ0n) is 14.3. The minimum absolute atomic E-state index is 0.374. The van der Waals surface area contributed by atoms with Crippen molar-refractivity contribution in [3.05, 3.63) is 11.6 Å². The minimum Gasteiger partial charge on any atom is -0.356 e. The van der Waals surface area contributed by atoms with Crippen molar-refractivity contribution >= 4 is 5.96 Å². The van der Waals surface area contributed by atoms with E-state index >= 15 is 0 Å². The second kappa shape index (κ2) is 8.64. The van der Waals surface area contributed by atoms with Gasteiger partial charge in [0.1, 0.15) is 12.4 Å². The highest BCUT2D eigenvalue weighted by molar-refractivity contribution is 5.80. The summed E-state index contributed by atoms with van der Waals surface area (Å²) in [5, 5.41) is 15.0. The number of aromatic nitrogens is 3. The average molecular weight is 294 g/mol. The summed E-state index contributed by atoms with van der Waals surface area (Å²) in [5.41, 5.74) is 0. The SMILES string of the molecule is CCCCNC(=NCc1nnc(C)n1C)NC(C)C(C)C. The molecule has 0 amide bonds. The molecule has 0 aliphatic carbocycles. The van der Waals surface area contributed by atoms with Crippen molar-refractivity contribution in [3.63, 3.8) is 0 Å². The van der Waals surface area contributed by atoms with Gasteiger partial charge in [0.25, 0.3) is 0 Å². The summed E-state index contributed by atoms with van der Waals surface area (Å²) < 4.78 is 1.97. The lowest BCUT2D eigenvalue weighted by Crippen LogP contribution is -2.44. The molecule has 0 radical (unpaired) electrons. The van der Waals surface area contributed by atoms with Crippen LogP contribution in [0.15, 0.2) is 4.99 Å². The molecule has 0 spiro atoms. The predicted molar refractivity (Wildman–Crippen MR) is 87.2 cm³/mol. The molecule has 120 valence electrons. The number of hydrogen-bond acceptors (Lipinski definition) is 3. The van der Waals surface area contributed by atoms with Crippen LogP contribution in [0.4, 0.5) is 0 Å². The van der Waals surface area contributed by atoms with E-state index in [1.165, 1.54) is 6.42 Å². The van der Waals surface area contributed by atoms with Crippen molar-refractivity contribution in [2.75, 3.05) is 6.54 Å². The molecule has 1 unspecified atom stereocenters. The number of aliphatic imine (C=N–C) groups is 1. The second-order valence-electron chi connectivity index (χ2n) is 5.84. The average Bonchev–Trinajstić information content (AvgIpc) is 2.76. The highest BCUT2D eigenvalue weighted by Crippen LogP contribution is 2.01. The van der Waals surface area contributed by atoms with Crippen molar-refractivity contribution in [1.82, 2.24) is 25.4 Å². The molecule has 1 aromatic heterocycles. The van der Waals surface area contributed by atoms with Crippen LogP contribution in [0.2, 0.25) is 0 Å². The highest BCUT2D eigenvalue weighted by atomic mass is 15.3. The third kappa shape index (κ3) is 5.73. The summed E-state index contributed by atoms with van der Waals surface area (Å²) >= 11 is 0. The first kappa shape index (κ1) is 17.5. The molecule has 6 nitrogen and oxygen atoms in total. The van der Waals surface area contributed by atoms with Gasteiger partial charge in [0.15, 0.2) is 11.8 Å². The Labute approximate surface area is 128 Å². The van der Waals surface area contributed by atoms with E-state index in [4.69, 9.17) is 0 Å². The van der Waals surface area contributed by atoms with E-state index in [0.29, 0.717) is 18.5 Å². The standard InChI is InChI=1S/C15H30N6/c1-7-8-9-16-15(18-12(4)11(2)3)17-10-14-20-19-13(5)21(14)6/h11-12H,7-10H2,1-6H3,(H2,16,17,18). The quantitative estimate of drug-likeness (QED) is 0.458. The first-order chi connectivity index (χ1) is 9.95. The largest absolute Gasteiger partial charge is 0.356 e. The van der Waals surface area contributed by atoms with E-state index in [0.717, 1.165) is 30.6 Å². The molecule has 0 aliphatic rings. The predicted octanol–water partition coefficient (Wildman–Crippen LogP) is 2.00. The van der Waals surface area contributed by atoms with Gasteiger partial charge in [0.05, 0.1) is 0 Å². The van der Waals surface area contributed by atoms with Crippen molar-refractivity contribution in [2.24, 2.45) is 18.0 Å². The van der Waals surface area contributed by atoms with E-state index in [1.807, 2.05) is 18.5 Å². The third-order valence-electron chi connectivity index (χ3n) is 3.75. The van der Waals surface area contributed by atoms with E-state index in [-0.39, 0.29) is 0 Å². The summed E-state index contributed by atoms with van der Waals surface area (Å²) in [6.45, 7) is 12.2. The number of guanidine groups is 1. The molecule has 0 saturated heterocycles. The van der Waals surface area contributed by atoms with Gasteiger partial charge >= 0.3 is 0 Å². The Morgan fingerprint density at radius 3 is 2.52 bits per heavy atom. The van der Waals surface area contributed by atoms with Crippen molar-refractivity contribution in [1.29, 1.82) is 0 Å². The van der Waals surface area contributed by atoms with Crippen LogP contribution in [-0.2, 0) is 13.6 Å². The van der Waals surface area contributed by atoms with Gasteiger partial charge in [-0.2, -0.15) is 0 Å². The van der Waals surface area contributed by atoms with Crippen LogP contribution in [0.3, 0.4) is 0 Å². The molecule has 21 heavy (non-hydrogen) atoms. The zero-order valence-corrected chi connectivity index (χ0v) is 14.3. The normalized spacial score (nSPS) is 13.6. The fourth-order valence-electron chi connectivity index (χ4n) is 1.66. The van der Waals surface area contributed by atoms with E-state index in [1.54, 1.807) is 0 Å². The van der Waals surface area contributed by atoms with Gasteiger partial charge in [-0.05, 0) is 26.2 Å². The fourth-order valence-corrected chi connectivity index (χ4v) is 1.66. The minimum atomic E-state index is 0.374. The number of aryl methyl sites for hydroxylation is 1. The van der Waals surface area contributed by atoms with E-state index < -0.39 is 0 Å². The zero-order chi connectivity index (χ0) is 15.8. The summed E-state index contributed by atoms with van der Waals surface area (Å²) in [6, 6.07) is 0.374. The van der Waals surface area contributed by atoms with Crippen LogP contribution in [0.1, 0.15) is 52.2 Å². The topological polar surface area (TPSA) is 67.1 Å². The molecular formula is C15H30N6.